The molecule has 0 saturated carbocycles. The molecule has 3 N–H and O–H groups in total. The van der Waals surface area contributed by atoms with E-state index in [4.69, 9.17) is 5.73 Å². The standard InChI is InChI=1S/C13H26N2O2/c1-5-8-13(6-2,11(14)16)12(17)15-9-7-10(3)4/h10H,5-9H2,1-4H3,(H2,14,16)(H,15,17). The van der Waals surface area contributed by atoms with Gasteiger partial charge in [0.15, 0.2) is 0 Å². The molecule has 0 bridgehead atoms. The molecule has 4 nitrogen and oxygen atoms in total. The Morgan fingerprint density at radius 2 is 1.88 bits per heavy atom. The topological polar surface area (TPSA) is 72.2 Å². The van der Waals surface area contributed by atoms with E-state index >= 15 is 0 Å². The van der Waals surface area contributed by atoms with Crippen molar-refractivity contribution in [2.45, 2.75) is 53.4 Å². The fraction of sp³-hybridized carbons (Fsp3) is 0.846. The maximum absolute atomic E-state index is 12.1. The number of nitrogens with one attached hydrogen (secondary N) is 1. The Hall–Kier alpha value is -1.06. The second-order valence-electron chi connectivity index (χ2n) is 4.99. The predicted molar refractivity (Wildman–Crippen MR) is 69.3 cm³/mol. The summed E-state index contributed by atoms with van der Waals surface area (Å²) in [5, 5.41) is 2.83. The number of amides is 2. The highest BCUT2D eigenvalue weighted by molar-refractivity contribution is 6.04. The lowest BCUT2D eigenvalue weighted by atomic mass is 9.79. The Bertz CT molecular complexity index is 264. The van der Waals surface area contributed by atoms with Crippen molar-refractivity contribution in [2.24, 2.45) is 17.1 Å². The van der Waals surface area contributed by atoms with E-state index in [1.165, 1.54) is 0 Å². The van der Waals surface area contributed by atoms with Crippen LogP contribution in [-0.2, 0) is 9.59 Å². The van der Waals surface area contributed by atoms with Gasteiger partial charge in [0.05, 0.1) is 0 Å². The number of rotatable bonds is 8. The monoisotopic (exact) mass is 242 g/mol. The maximum Gasteiger partial charge on any atom is 0.235 e. The van der Waals surface area contributed by atoms with Gasteiger partial charge >= 0.3 is 0 Å². The lowest BCUT2D eigenvalue weighted by Crippen LogP contribution is -2.49. The molecule has 1 atom stereocenters. The molecular formula is C13H26N2O2. The van der Waals surface area contributed by atoms with Crippen LogP contribution in [0.2, 0.25) is 0 Å². The first-order valence-electron chi connectivity index (χ1n) is 6.48. The van der Waals surface area contributed by atoms with Crippen molar-refractivity contribution in [3.8, 4) is 0 Å². The minimum absolute atomic E-state index is 0.213. The summed E-state index contributed by atoms with van der Waals surface area (Å²) in [6, 6.07) is 0. The molecule has 0 aromatic heterocycles. The van der Waals surface area contributed by atoms with E-state index in [1.807, 2.05) is 13.8 Å². The van der Waals surface area contributed by atoms with Gasteiger partial charge in [0, 0.05) is 6.54 Å². The van der Waals surface area contributed by atoms with Gasteiger partial charge in [-0.05, 0) is 25.2 Å². The molecule has 100 valence electrons. The van der Waals surface area contributed by atoms with Crippen LogP contribution in [0.4, 0.5) is 0 Å². The summed E-state index contributed by atoms with van der Waals surface area (Å²) < 4.78 is 0. The van der Waals surface area contributed by atoms with Crippen molar-refractivity contribution in [1.82, 2.24) is 5.32 Å². The number of primary amides is 1. The van der Waals surface area contributed by atoms with E-state index in [0.29, 0.717) is 25.3 Å². The van der Waals surface area contributed by atoms with Crippen LogP contribution in [0.1, 0.15) is 53.4 Å². The lowest BCUT2D eigenvalue weighted by molar-refractivity contribution is -0.142. The summed E-state index contributed by atoms with van der Waals surface area (Å²) in [5.74, 6) is -0.190. The zero-order chi connectivity index (χ0) is 13.5. The van der Waals surface area contributed by atoms with Crippen LogP contribution in [0.25, 0.3) is 0 Å². The highest BCUT2D eigenvalue weighted by atomic mass is 16.2. The summed E-state index contributed by atoms with van der Waals surface area (Å²) in [7, 11) is 0. The Kier molecular flexibility index (Phi) is 6.85. The lowest BCUT2D eigenvalue weighted by Gasteiger charge is -2.27. The Morgan fingerprint density at radius 3 is 2.24 bits per heavy atom. The van der Waals surface area contributed by atoms with Gasteiger partial charge < -0.3 is 11.1 Å². The number of hydrogen-bond donors (Lipinski definition) is 2. The van der Waals surface area contributed by atoms with Crippen LogP contribution < -0.4 is 11.1 Å². The summed E-state index contributed by atoms with van der Waals surface area (Å²) in [6.07, 6.45) is 2.67. The SMILES string of the molecule is CCCC(CC)(C(N)=O)C(=O)NCCC(C)C. The molecule has 0 aromatic rings. The molecule has 0 aliphatic heterocycles. The van der Waals surface area contributed by atoms with Crippen LogP contribution in [0.3, 0.4) is 0 Å². The number of carbonyl (C=O) groups is 2. The van der Waals surface area contributed by atoms with Gasteiger partial charge in [-0.1, -0.05) is 34.1 Å². The van der Waals surface area contributed by atoms with Gasteiger partial charge in [0.2, 0.25) is 11.8 Å². The largest absolute Gasteiger partial charge is 0.369 e. The molecule has 0 aromatic carbocycles. The number of carbonyl (C=O) groups excluding carboxylic acids is 2. The van der Waals surface area contributed by atoms with Crippen molar-refractivity contribution in [3.63, 3.8) is 0 Å². The molecule has 0 aliphatic carbocycles. The molecule has 0 spiro atoms. The van der Waals surface area contributed by atoms with Crippen molar-refractivity contribution < 1.29 is 9.59 Å². The average Bonchev–Trinajstić information content (AvgIpc) is 2.24. The van der Waals surface area contributed by atoms with Crippen molar-refractivity contribution in [2.75, 3.05) is 6.54 Å². The normalized spacial score (nSPS) is 14.4. The number of hydrogen-bond acceptors (Lipinski definition) is 2. The molecule has 1 unspecified atom stereocenters. The van der Waals surface area contributed by atoms with E-state index in [-0.39, 0.29) is 5.91 Å². The first-order chi connectivity index (χ1) is 7.90. The van der Waals surface area contributed by atoms with Gasteiger partial charge in [0.1, 0.15) is 5.41 Å². The Labute approximate surface area is 104 Å². The predicted octanol–water partition coefficient (Wildman–Crippen LogP) is 1.83. The minimum Gasteiger partial charge on any atom is -0.369 e. The van der Waals surface area contributed by atoms with Gasteiger partial charge in [-0.3, -0.25) is 9.59 Å². The molecule has 0 aliphatic rings. The van der Waals surface area contributed by atoms with Crippen molar-refractivity contribution >= 4 is 11.8 Å². The average molecular weight is 242 g/mol. The summed E-state index contributed by atoms with van der Waals surface area (Å²) >= 11 is 0. The zero-order valence-electron chi connectivity index (χ0n) is 11.5. The van der Waals surface area contributed by atoms with Crippen LogP contribution >= 0.6 is 0 Å². The van der Waals surface area contributed by atoms with Crippen LogP contribution in [0.15, 0.2) is 0 Å². The molecule has 17 heavy (non-hydrogen) atoms. The third-order valence-electron chi connectivity index (χ3n) is 3.19. The van der Waals surface area contributed by atoms with Crippen LogP contribution in [0.5, 0.6) is 0 Å². The second kappa shape index (κ2) is 7.30. The summed E-state index contributed by atoms with van der Waals surface area (Å²) in [5.41, 5.74) is 4.38. The number of nitrogens with two attached hydrogens (primary N) is 1. The van der Waals surface area contributed by atoms with Crippen molar-refractivity contribution in [3.05, 3.63) is 0 Å². The van der Waals surface area contributed by atoms with E-state index in [0.717, 1.165) is 12.8 Å². The minimum atomic E-state index is -1.02. The van der Waals surface area contributed by atoms with Gasteiger partial charge in [-0.15, -0.1) is 0 Å². The smallest absolute Gasteiger partial charge is 0.235 e. The molecular weight excluding hydrogens is 216 g/mol. The molecule has 2 amide bonds. The van der Waals surface area contributed by atoms with E-state index < -0.39 is 11.3 Å². The first-order valence-corrected chi connectivity index (χ1v) is 6.48. The second-order valence-corrected chi connectivity index (χ2v) is 4.99. The first kappa shape index (κ1) is 15.9. The van der Waals surface area contributed by atoms with Gasteiger partial charge in [-0.25, -0.2) is 0 Å². The molecule has 0 saturated heterocycles. The van der Waals surface area contributed by atoms with Crippen LogP contribution in [-0.4, -0.2) is 18.4 Å². The third kappa shape index (κ3) is 4.36. The molecule has 4 heteroatoms. The maximum atomic E-state index is 12.1. The highest BCUT2D eigenvalue weighted by Crippen LogP contribution is 2.28. The zero-order valence-corrected chi connectivity index (χ0v) is 11.5. The van der Waals surface area contributed by atoms with E-state index in [1.54, 1.807) is 0 Å². The third-order valence-corrected chi connectivity index (χ3v) is 3.19. The van der Waals surface area contributed by atoms with E-state index in [2.05, 4.69) is 19.2 Å². The fourth-order valence-electron chi connectivity index (χ4n) is 1.93. The van der Waals surface area contributed by atoms with Crippen LogP contribution in [0, 0.1) is 11.3 Å². The van der Waals surface area contributed by atoms with E-state index in [9.17, 15) is 9.59 Å². The Balaban J connectivity index is 4.58. The molecule has 0 radical (unpaired) electrons. The summed E-state index contributed by atoms with van der Waals surface area (Å²) in [4.78, 5) is 23.6. The van der Waals surface area contributed by atoms with Gasteiger partial charge in [-0.2, -0.15) is 0 Å². The molecule has 0 fully saturated rings. The fourth-order valence-corrected chi connectivity index (χ4v) is 1.93. The van der Waals surface area contributed by atoms with Gasteiger partial charge in [0.25, 0.3) is 0 Å². The highest BCUT2D eigenvalue weighted by Gasteiger charge is 2.41. The molecule has 0 heterocycles. The summed E-state index contributed by atoms with van der Waals surface area (Å²) in [6.45, 7) is 8.59. The van der Waals surface area contributed by atoms with Crippen molar-refractivity contribution in [1.29, 1.82) is 0 Å². The molecule has 0 rings (SSSR count). The Morgan fingerprint density at radius 1 is 1.29 bits per heavy atom. The quantitative estimate of drug-likeness (QED) is 0.637.